The predicted molar refractivity (Wildman–Crippen MR) is 68.4 cm³/mol. The Morgan fingerprint density at radius 1 is 1.06 bits per heavy atom. The maximum atomic E-state index is 6.00. The molecule has 5 atom stereocenters. The molecule has 0 N–H and O–H groups in total. The highest BCUT2D eigenvalue weighted by Crippen LogP contribution is 2.56. The first kappa shape index (κ1) is 10.2. The molecule has 1 nitrogen and oxygen atoms in total. The van der Waals surface area contributed by atoms with Gasteiger partial charge in [-0.15, -0.1) is 0 Å². The highest BCUT2D eigenvalue weighted by Gasteiger charge is 2.50. The number of hydrogen-bond acceptors (Lipinski definition) is 1. The average Bonchev–Trinajstić information content (AvgIpc) is 2.77. The first-order valence-electron chi connectivity index (χ1n) is 7.44. The van der Waals surface area contributed by atoms with Crippen molar-refractivity contribution in [2.45, 2.75) is 51.0 Å². The quantitative estimate of drug-likeness (QED) is 0.609. The molecule has 1 heteroatoms. The van der Waals surface area contributed by atoms with Crippen molar-refractivity contribution in [2.24, 2.45) is 23.7 Å². The molecule has 0 bridgehead atoms. The van der Waals surface area contributed by atoms with Crippen LogP contribution in [0.3, 0.4) is 0 Å². The lowest BCUT2D eigenvalue weighted by molar-refractivity contribution is 0.0370. The summed E-state index contributed by atoms with van der Waals surface area (Å²) in [4.78, 5) is 0. The van der Waals surface area contributed by atoms with Gasteiger partial charge in [0.1, 0.15) is 6.10 Å². The number of fused-ring (bicyclic) bond motifs is 5. The Labute approximate surface area is 104 Å². The molecule has 4 rings (SSSR count). The highest BCUT2D eigenvalue weighted by atomic mass is 16.5. The van der Waals surface area contributed by atoms with E-state index in [9.17, 15) is 0 Å². The van der Waals surface area contributed by atoms with Crippen LogP contribution in [0.1, 0.15) is 44.9 Å². The summed E-state index contributed by atoms with van der Waals surface area (Å²) in [6, 6.07) is 0. The van der Waals surface area contributed by atoms with Crippen LogP contribution in [0.2, 0.25) is 0 Å². The van der Waals surface area contributed by atoms with Crippen LogP contribution in [0.25, 0.3) is 0 Å². The summed E-state index contributed by atoms with van der Waals surface area (Å²) >= 11 is 0. The fourth-order valence-corrected chi connectivity index (χ4v) is 5.10. The van der Waals surface area contributed by atoms with Gasteiger partial charge in [-0.3, -0.25) is 0 Å². The summed E-state index contributed by atoms with van der Waals surface area (Å²) in [7, 11) is 0. The zero-order chi connectivity index (χ0) is 11.2. The molecule has 1 heterocycles. The lowest BCUT2D eigenvalue weighted by Crippen LogP contribution is -2.37. The van der Waals surface area contributed by atoms with Gasteiger partial charge in [0.25, 0.3) is 0 Å². The summed E-state index contributed by atoms with van der Waals surface area (Å²) in [6.07, 6.45) is 16.9. The van der Waals surface area contributed by atoms with Gasteiger partial charge in [0.05, 0.1) is 6.26 Å². The van der Waals surface area contributed by atoms with E-state index in [0.717, 1.165) is 23.7 Å². The van der Waals surface area contributed by atoms with E-state index >= 15 is 0 Å². The first-order chi connectivity index (χ1) is 8.43. The molecule has 0 aromatic heterocycles. The zero-order valence-electron chi connectivity index (χ0n) is 10.5. The van der Waals surface area contributed by atoms with Gasteiger partial charge in [0, 0.05) is 5.92 Å². The van der Waals surface area contributed by atoms with Crippen molar-refractivity contribution >= 4 is 0 Å². The van der Waals surface area contributed by atoms with Crippen molar-refractivity contribution < 1.29 is 4.74 Å². The molecule has 0 aromatic carbocycles. The standard InChI is InChI=1S/C16H22O/c1-2-6-14-12(4-1)10-13-8-7-11-5-3-9-17-16(11)15(13)14/h3,5,9,12-16H,1-2,4,6-8,10H2. The SMILES string of the molecule is C1=COC2C(=C1)CCC1CC3CCCCC3C12. The molecule has 92 valence electrons. The molecule has 3 fully saturated rings. The van der Waals surface area contributed by atoms with E-state index in [-0.39, 0.29) is 0 Å². The summed E-state index contributed by atoms with van der Waals surface area (Å²) in [5.74, 6) is 3.84. The Hall–Kier alpha value is -0.720. The third-order valence-electron chi connectivity index (χ3n) is 5.74. The van der Waals surface area contributed by atoms with Crippen LogP contribution in [-0.2, 0) is 4.74 Å². The van der Waals surface area contributed by atoms with Gasteiger partial charge in [-0.05, 0) is 55.1 Å². The molecule has 3 saturated carbocycles. The first-order valence-corrected chi connectivity index (χ1v) is 7.44. The minimum atomic E-state index is 0.451. The fourth-order valence-electron chi connectivity index (χ4n) is 5.10. The van der Waals surface area contributed by atoms with E-state index in [1.165, 1.54) is 44.9 Å². The maximum Gasteiger partial charge on any atom is 0.122 e. The summed E-state index contributed by atoms with van der Waals surface area (Å²) in [6.45, 7) is 0. The Morgan fingerprint density at radius 2 is 2.00 bits per heavy atom. The molecule has 1 aliphatic heterocycles. The van der Waals surface area contributed by atoms with Crippen LogP contribution >= 0.6 is 0 Å². The number of allylic oxidation sites excluding steroid dienone is 2. The summed E-state index contributed by atoms with van der Waals surface area (Å²) in [5.41, 5.74) is 1.58. The van der Waals surface area contributed by atoms with Crippen molar-refractivity contribution in [2.75, 3.05) is 0 Å². The van der Waals surface area contributed by atoms with E-state index in [4.69, 9.17) is 4.74 Å². The van der Waals surface area contributed by atoms with Gasteiger partial charge < -0.3 is 4.74 Å². The molecule has 0 radical (unpaired) electrons. The molecule has 0 saturated heterocycles. The number of rotatable bonds is 0. The minimum absolute atomic E-state index is 0.451. The third-order valence-corrected chi connectivity index (χ3v) is 5.74. The molecule has 3 aliphatic carbocycles. The largest absolute Gasteiger partial charge is 0.493 e. The van der Waals surface area contributed by atoms with Crippen molar-refractivity contribution in [3.63, 3.8) is 0 Å². The van der Waals surface area contributed by atoms with Gasteiger partial charge in [-0.2, -0.15) is 0 Å². The van der Waals surface area contributed by atoms with Crippen LogP contribution in [0, 0.1) is 23.7 Å². The predicted octanol–water partition coefficient (Wildman–Crippen LogP) is 4.06. The second kappa shape index (κ2) is 3.90. The van der Waals surface area contributed by atoms with Crippen molar-refractivity contribution in [3.05, 3.63) is 24.0 Å². The van der Waals surface area contributed by atoms with Crippen molar-refractivity contribution in [1.29, 1.82) is 0 Å². The average molecular weight is 230 g/mol. The van der Waals surface area contributed by atoms with Crippen LogP contribution in [0.5, 0.6) is 0 Å². The minimum Gasteiger partial charge on any atom is -0.493 e. The van der Waals surface area contributed by atoms with E-state index in [1.54, 1.807) is 5.57 Å². The Morgan fingerprint density at radius 3 is 3.00 bits per heavy atom. The molecule has 0 aromatic rings. The second-order valence-electron chi connectivity index (χ2n) is 6.45. The van der Waals surface area contributed by atoms with Crippen LogP contribution in [0.15, 0.2) is 24.0 Å². The normalized spacial score (nSPS) is 47.5. The molecule has 4 aliphatic rings. The Balaban J connectivity index is 1.65. The zero-order valence-corrected chi connectivity index (χ0v) is 10.5. The third kappa shape index (κ3) is 1.51. The van der Waals surface area contributed by atoms with Gasteiger partial charge >= 0.3 is 0 Å². The van der Waals surface area contributed by atoms with Crippen LogP contribution in [0.4, 0.5) is 0 Å². The van der Waals surface area contributed by atoms with E-state index in [2.05, 4.69) is 12.2 Å². The van der Waals surface area contributed by atoms with Gasteiger partial charge in [0.2, 0.25) is 0 Å². The summed E-state index contributed by atoms with van der Waals surface area (Å²) < 4.78 is 6.00. The van der Waals surface area contributed by atoms with Crippen molar-refractivity contribution in [3.8, 4) is 0 Å². The highest BCUT2D eigenvalue weighted by molar-refractivity contribution is 5.24. The van der Waals surface area contributed by atoms with Gasteiger partial charge in [0.15, 0.2) is 0 Å². The van der Waals surface area contributed by atoms with E-state index in [0.29, 0.717) is 6.10 Å². The smallest absolute Gasteiger partial charge is 0.122 e. The molecular weight excluding hydrogens is 208 g/mol. The van der Waals surface area contributed by atoms with E-state index in [1.807, 2.05) is 6.26 Å². The number of hydrogen-bond donors (Lipinski definition) is 0. The summed E-state index contributed by atoms with van der Waals surface area (Å²) in [5, 5.41) is 0. The molecule has 0 amide bonds. The lowest BCUT2D eigenvalue weighted by atomic mass is 9.70. The maximum absolute atomic E-state index is 6.00. The van der Waals surface area contributed by atoms with E-state index < -0.39 is 0 Å². The molecule has 0 spiro atoms. The number of ether oxygens (including phenoxy) is 1. The Bertz CT molecular complexity index is 368. The monoisotopic (exact) mass is 230 g/mol. The molecular formula is C16H22O. The van der Waals surface area contributed by atoms with Gasteiger partial charge in [-0.25, -0.2) is 0 Å². The molecule has 5 unspecified atom stereocenters. The second-order valence-corrected chi connectivity index (χ2v) is 6.45. The van der Waals surface area contributed by atoms with Crippen LogP contribution in [-0.4, -0.2) is 6.10 Å². The lowest BCUT2D eigenvalue weighted by Gasteiger charge is -2.40. The van der Waals surface area contributed by atoms with Crippen molar-refractivity contribution in [1.82, 2.24) is 0 Å². The Kier molecular flexibility index (Phi) is 2.34. The van der Waals surface area contributed by atoms with Crippen LogP contribution < -0.4 is 0 Å². The fraction of sp³-hybridized carbons (Fsp3) is 0.750. The van der Waals surface area contributed by atoms with Gasteiger partial charge in [-0.1, -0.05) is 25.3 Å². The topological polar surface area (TPSA) is 9.23 Å². The molecule has 17 heavy (non-hydrogen) atoms.